The molecule has 0 amide bonds. The van der Waals surface area contributed by atoms with Crippen molar-refractivity contribution in [2.45, 2.75) is 4.90 Å². The van der Waals surface area contributed by atoms with Crippen LogP contribution in [0.25, 0.3) is 5.76 Å². The van der Waals surface area contributed by atoms with Gasteiger partial charge in [-0.05, 0) is 30.3 Å². The number of nitrogens with one attached hydrogen (secondary N) is 1. The topological polar surface area (TPSA) is 83.5 Å². The second-order valence-electron chi connectivity index (χ2n) is 4.78. The molecule has 1 aliphatic rings. The SMILES string of the molecule is O=C(C1=C(O)c2ccccc2S(=O)(=O)N1)c1ccc(Cl)cc1Cl. The number of aliphatic hydroxyl groups excluding tert-OH is 1. The Morgan fingerprint density at radius 1 is 1.09 bits per heavy atom. The molecule has 0 saturated heterocycles. The van der Waals surface area contributed by atoms with Crippen molar-refractivity contribution < 1.29 is 18.3 Å². The summed E-state index contributed by atoms with van der Waals surface area (Å²) in [7, 11) is -3.96. The Bertz CT molecular complexity index is 967. The maximum absolute atomic E-state index is 12.6. The number of benzene rings is 2. The van der Waals surface area contributed by atoms with E-state index >= 15 is 0 Å². The molecule has 0 spiro atoms. The minimum absolute atomic E-state index is 0.0275. The summed E-state index contributed by atoms with van der Waals surface area (Å²) in [5.74, 6) is -1.20. The Morgan fingerprint density at radius 3 is 2.48 bits per heavy atom. The molecular formula is C15H9Cl2NO4S. The summed E-state index contributed by atoms with van der Waals surface area (Å²) in [4.78, 5) is 12.5. The number of carbonyl (C=O) groups is 1. The third-order valence-electron chi connectivity index (χ3n) is 3.31. The molecule has 0 atom stereocenters. The van der Waals surface area contributed by atoms with Crippen LogP contribution in [-0.2, 0) is 10.0 Å². The van der Waals surface area contributed by atoms with Crippen molar-refractivity contribution in [3.05, 3.63) is 69.3 Å². The van der Waals surface area contributed by atoms with Gasteiger partial charge in [0.1, 0.15) is 5.70 Å². The number of hydrogen-bond donors (Lipinski definition) is 2. The first-order valence-corrected chi connectivity index (χ1v) is 8.60. The smallest absolute Gasteiger partial charge is 0.262 e. The molecule has 5 nitrogen and oxygen atoms in total. The molecule has 0 aliphatic carbocycles. The number of Topliss-reactive ketones (excluding diaryl/α,β-unsaturated/α-hetero) is 1. The summed E-state index contributed by atoms with van der Waals surface area (Å²) in [5, 5.41) is 10.7. The van der Waals surface area contributed by atoms with Gasteiger partial charge in [-0.15, -0.1) is 0 Å². The van der Waals surface area contributed by atoms with Crippen LogP contribution in [0.15, 0.2) is 53.1 Å². The van der Waals surface area contributed by atoms with Crippen molar-refractivity contribution in [3.8, 4) is 0 Å². The zero-order valence-corrected chi connectivity index (χ0v) is 13.7. The van der Waals surface area contributed by atoms with Crippen LogP contribution in [0.4, 0.5) is 0 Å². The van der Waals surface area contributed by atoms with E-state index in [9.17, 15) is 18.3 Å². The van der Waals surface area contributed by atoms with Crippen molar-refractivity contribution in [2.75, 3.05) is 0 Å². The Kier molecular flexibility index (Phi) is 3.83. The molecule has 118 valence electrons. The monoisotopic (exact) mass is 369 g/mol. The van der Waals surface area contributed by atoms with Crippen LogP contribution in [-0.4, -0.2) is 19.3 Å². The Hall–Kier alpha value is -2.02. The quantitative estimate of drug-likeness (QED) is 0.794. The molecule has 1 aliphatic heterocycles. The Labute approximate surface area is 142 Å². The maximum Gasteiger partial charge on any atom is 0.262 e. The minimum atomic E-state index is -3.96. The lowest BCUT2D eigenvalue weighted by molar-refractivity contribution is 0.102. The Balaban J connectivity index is 2.18. The van der Waals surface area contributed by atoms with E-state index in [4.69, 9.17) is 23.2 Å². The third kappa shape index (κ3) is 2.69. The summed E-state index contributed by atoms with van der Waals surface area (Å²) in [5.41, 5.74) is -0.368. The standard InChI is InChI=1S/C15H9Cl2NO4S/c16-8-5-6-9(11(17)7-8)14(19)13-15(20)10-3-1-2-4-12(10)23(21,22)18-13/h1-7,18,20H. The number of sulfonamides is 1. The molecule has 0 radical (unpaired) electrons. The number of ketones is 1. The third-order valence-corrected chi connectivity index (χ3v) is 5.26. The summed E-state index contributed by atoms with van der Waals surface area (Å²) in [6.45, 7) is 0. The molecule has 0 fully saturated rings. The summed E-state index contributed by atoms with van der Waals surface area (Å²) >= 11 is 11.8. The van der Waals surface area contributed by atoms with Crippen LogP contribution in [0.3, 0.4) is 0 Å². The highest BCUT2D eigenvalue weighted by molar-refractivity contribution is 7.89. The van der Waals surface area contributed by atoms with Gasteiger partial charge in [0, 0.05) is 16.1 Å². The lowest BCUT2D eigenvalue weighted by Gasteiger charge is -2.21. The van der Waals surface area contributed by atoms with Crippen LogP contribution >= 0.6 is 23.2 Å². The highest BCUT2D eigenvalue weighted by Gasteiger charge is 2.33. The number of carbonyl (C=O) groups excluding carboxylic acids is 1. The van der Waals surface area contributed by atoms with Crippen molar-refractivity contribution in [1.29, 1.82) is 0 Å². The maximum atomic E-state index is 12.6. The van der Waals surface area contributed by atoms with Gasteiger partial charge in [-0.1, -0.05) is 35.3 Å². The fraction of sp³-hybridized carbons (Fsp3) is 0. The first kappa shape index (κ1) is 15.9. The molecule has 2 aromatic carbocycles. The fourth-order valence-electron chi connectivity index (χ4n) is 2.23. The fourth-order valence-corrected chi connectivity index (χ4v) is 4.01. The van der Waals surface area contributed by atoms with Gasteiger partial charge in [0.25, 0.3) is 10.0 Å². The van der Waals surface area contributed by atoms with Gasteiger partial charge in [0.15, 0.2) is 5.76 Å². The van der Waals surface area contributed by atoms with Gasteiger partial charge in [-0.25, -0.2) is 8.42 Å². The predicted molar refractivity (Wildman–Crippen MR) is 87.1 cm³/mol. The van der Waals surface area contributed by atoms with Crippen LogP contribution < -0.4 is 4.72 Å². The highest BCUT2D eigenvalue weighted by atomic mass is 35.5. The average Bonchev–Trinajstić information content (AvgIpc) is 2.50. The molecule has 0 saturated carbocycles. The zero-order valence-electron chi connectivity index (χ0n) is 11.4. The van der Waals surface area contributed by atoms with E-state index in [0.29, 0.717) is 5.02 Å². The van der Waals surface area contributed by atoms with Crippen LogP contribution in [0.1, 0.15) is 15.9 Å². The number of allylic oxidation sites excluding steroid dienone is 1. The largest absolute Gasteiger partial charge is 0.505 e. The number of fused-ring (bicyclic) bond motifs is 1. The van der Waals surface area contributed by atoms with Crippen molar-refractivity contribution in [3.63, 3.8) is 0 Å². The van der Waals surface area contributed by atoms with E-state index < -0.39 is 27.3 Å². The van der Waals surface area contributed by atoms with Gasteiger partial charge < -0.3 is 5.11 Å². The zero-order chi connectivity index (χ0) is 16.8. The Morgan fingerprint density at radius 2 is 1.78 bits per heavy atom. The second kappa shape index (κ2) is 5.56. The summed E-state index contributed by atoms with van der Waals surface area (Å²) < 4.78 is 26.6. The molecule has 23 heavy (non-hydrogen) atoms. The minimum Gasteiger partial charge on any atom is -0.505 e. The molecule has 2 aromatic rings. The summed E-state index contributed by atoms with van der Waals surface area (Å²) in [6, 6.07) is 10.0. The van der Waals surface area contributed by atoms with Crippen LogP contribution in [0.2, 0.25) is 10.0 Å². The number of aliphatic hydroxyl groups is 1. The number of rotatable bonds is 2. The predicted octanol–water partition coefficient (Wildman–Crippen LogP) is 3.39. The second-order valence-corrected chi connectivity index (χ2v) is 7.27. The van der Waals surface area contributed by atoms with Gasteiger partial charge >= 0.3 is 0 Å². The normalized spacial score (nSPS) is 15.7. The van der Waals surface area contributed by atoms with Gasteiger partial charge in [0.2, 0.25) is 5.78 Å². The average molecular weight is 370 g/mol. The van der Waals surface area contributed by atoms with E-state index in [1.165, 1.54) is 36.4 Å². The molecule has 2 N–H and O–H groups in total. The van der Waals surface area contributed by atoms with Gasteiger partial charge in [-0.2, -0.15) is 0 Å². The highest BCUT2D eigenvalue weighted by Crippen LogP contribution is 2.31. The molecule has 1 heterocycles. The summed E-state index contributed by atoms with van der Waals surface area (Å²) in [6.07, 6.45) is 0. The van der Waals surface area contributed by atoms with Crippen molar-refractivity contribution in [2.24, 2.45) is 0 Å². The molecule has 0 aromatic heterocycles. The molecule has 3 rings (SSSR count). The van der Waals surface area contributed by atoms with E-state index in [-0.39, 0.29) is 21.0 Å². The molecule has 0 unspecified atom stereocenters. The van der Waals surface area contributed by atoms with E-state index in [1.807, 2.05) is 0 Å². The number of hydrogen-bond acceptors (Lipinski definition) is 4. The van der Waals surface area contributed by atoms with Crippen molar-refractivity contribution >= 4 is 44.8 Å². The first-order valence-electron chi connectivity index (χ1n) is 6.36. The van der Waals surface area contributed by atoms with Crippen LogP contribution in [0.5, 0.6) is 0 Å². The van der Waals surface area contributed by atoms with Crippen LogP contribution in [0, 0.1) is 0 Å². The van der Waals surface area contributed by atoms with E-state index in [2.05, 4.69) is 4.72 Å². The molecule has 8 heteroatoms. The van der Waals surface area contributed by atoms with E-state index in [1.54, 1.807) is 6.07 Å². The van der Waals surface area contributed by atoms with E-state index in [0.717, 1.165) is 0 Å². The van der Waals surface area contributed by atoms with Crippen molar-refractivity contribution in [1.82, 2.24) is 4.72 Å². The molecule has 0 bridgehead atoms. The number of halogens is 2. The van der Waals surface area contributed by atoms with Gasteiger partial charge in [-0.3, -0.25) is 9.52 Å². The lowest BCUT2D eigenvalue weighted by Crippen LogP contribution is -2.33. The van der Waals surface area contributed by atoms with Gasteiger partial charge in [0.05, 0.1) is 9.92 Å². The first-order chi connectivity index (χ1) is 10.8. The molecular weight excluding hydrogens is 361 g/mol. The lowest BCUT2D eigenvalue weighted by atomic mass is 10.0.